The molecule has 0 spiro atoms. The summed E-state index contributed by atoms with van der Waals surface area (Å²) in [4.78, 5) is 26.8. The number of aliphatic carboxylic acids is 2. The zero-order valence-electron chi connectivity index (χ0n) is 48.4. The van der Waals surface area contributed by atoms with E-state index in [0.717, 1.165) is 35.5 Å². The number of rotatable bonds is 42. The molecule has 0 saturated carbocycles. The Morgan fingerprint density at radius 1 is 0.355 bits per heavy atom. The molecule has 5 aliphatic rings. The average molecular weight is 1510 g/mol. The Morgan fingerprint density at radius 3 is 0.968 bits per heavy atom. The van der Waals surface area contributed by atoms with Gasteiger partial charge in [-0.25, -0.2) is 43.2 Å². The van der Waals surface area contributed by atoms with Gasteiger partial charge >= 0.3 is 43.1 Å². The fraction of sp³-hybridized carbons (Fsp3) is 0.947. The van der Waals surface area contributed by atoms with Crippen LogP contribution in [0.25, 0.3) is 0 Å². The monoisotopic (exact) mass is 1510 g/mol. The molecule has 25 atom stereocenters. The lowest BCUT2D eigenvalue weighted by molar-refractivity contribution is -0.437. The van der Waals surface area contributed by atoms with E-state index >= 15 is 0 Å². The smallest absolute Gasteiger partial charge is 0.397 e. The summed E-state index contributed by atoms with van der Waals surface area (Å²) >= 11 is -0.796. The topological polar surface area (TPSA) is 605 Å². The Kier molecular flexibility index (Phi) is 35.1. The summed E-state index contributed by atoms with van der Waals surface area (Å²) in [5, 5.41) is 72.0. The Balaban J connectivity index is 1.58. The molecule has 9 N–H and O–H groups in total. The van der Waals surface area contributed by atoms with Crippen molar-refractivity contribution in [1.82, 2.24) is 0 Å². The minimum atomic E-state index is -5.52. The fourth-order valence-corrected chi connectivity index (χ4v) is 12.3. The maximum Gasteiger partial charge on any atom is 0.397 e. The lowest BCUT2D eigenvalue weighted by Crippen LogP contribution is -2.69. The van der Waals surface area contributed by atoms with Crippen molar-refractivity contribution in [3.05, 3.63) is 0 Å². The summed E-state index contributed by atoms with van der Waals surface area (Å²) in [5.41, 5.74) is 0. The van der Waals surface area contributed by atoms with E-state index in [1.54, 1.807) is 0 Å². The molecule has 0 radical (unpaired) electrons. The summed E-state index contributed by atoms with van der Waals surface area (Å²) in [6, 6.07) is 0. The van der Waals surface area contributed by atoms with Crippen LogP contribution in [0.4, 0.5) is 0 Å². The molecule has 5 rings (SSSR count). The van der Waals surface area contributed by atoms with Gasteiger partial charge in [0.1, 0.15) is 85.5 Å². The maximum absolute atomic E-state index is 13.5. The minimum absolute atomic E-state index is 0.0976. The highest BCUT2D eigenvalue weighted by Crippen LogP contribution is 2.43. The van der Waals surface area contributed by atoms with Crippen LogP contribution in [0.3, 0.4) is 0 Å². The highest BCUT2D eigenvalue weighted by atomic mass is 32.3. The summed E-state index contributed by atoms with van der Waals surface area (Å²) in [5.74, 6) is -4.68. The van der Waals surface area contributed by atoms with Gasteiger partial charge in [-0.1, -0.05) is 27.1 Å². The first-order valence-electron chi connectivity index (χ1n) is 25.2. The molecule has 0 aromatic rings. The van der Waals surface area contributed by atoms with Gasteiger partial charge in [0.2, 0.25) is 0 Å². The second-order valence-electron chi connectivity index (χ2n) is 18.6. The largest absolute Gasteiger partial charge is 0.479 e. The Bertz CT molecular complexity index is 2550. The average Bonchev–Trinajstić information content (AvgIpc) is 0.772. The van der Waals surface area contributed by atoms with Crippen LogP contribution < -0.4 is 0 Å². The van der Waals surface area contributed by atoms with E-state index in [9.17, 15) is 58.7 Å². The Morgan fingerprint density at radius 2 is 0.645 bits per heavy atom. The first-order valence-corrected chi connectivity index (χ1v) is 32.0. The summed E-state index contributed by atoms with van der Waals surface area (Å²) in [6.07, 6.45) is -45.3. The van der Waals surface area contributed by atoms with Crippen LogP contribution in [0.2, 0.25) is 0 Å². The predicted octanol–water partition coefficient (Wildman–Crippen LogP) is -2.37. The van der Waals surface area contributed by atoms with Crippen LogP contribution in [0.1, 0.15) is 6.92 Å². The highest BCUT2D eigenvalue weighted by molar-refractivity contribution is 7.90. The van der Waals surface area contributed by atoms with E-state index in [1.165, 1.54) is 21.1 Å². The van der Waals surface area contributed by atoms with E-state index in [4.69, 9.17) is 118 Å². The molecule has 55 heteroatoms. The standard InChI is InChI=1S/C38H64O48S7/c1-12-16(56-2)17(57-3)13(9-63-91(47,48)49)66-34(12)71-22-20(58-4)28(60-6)36(73-26(22)32(39)40)70-19-15(11-65-93(53,54)55)68-38(31(78-90-86-82-46)25(19)76-88-84-80-44)72-23-21(59-5)29(61-7)37(74-27(23)33(41)42)69-18-14(10-64-92(50,51)52)67-35(62-8)30(77-89-85-81-45)24(18)75-87-83-79-43/h12-31,34-38,43-46H,9-11H2,1-8H3,(H,39,40)(H,41,42)(H,47,48,49)(H,50,51,52)(H,53,54,55)/t12?,13?,14?,15-,16-,17+,18+,19-,20+,21?,22-,23+,24+,25?,26?,27-,28?,29?,30?,31?,34+,35-,36-,37+,38-/m1/s1. The summed E-state index contributed by atoms with van der Waals surface area (Å²) < 4.78 is 248. The molecule has 0 aliphatic carbocycles. The van der Waals surface area contributed by atoms with Crippen LogP contribution in [-0.2, 0) is 183 Å². The molecule has 5 saturated heterocycles. The first kappa shape index (κ1) is 82.3. The molecule has 93 heavy (non-hydrogen) atoms. The zero-order chi connectivity index (χ0) is 69.0. The van der Waals surface area contributed by atoms with Gasteiger partial charge < -0.3 is 86.0 Å². The van der Waals surface area contributed by atoms with Gasteiger partial charge in [-0.3, -0.25) is 30.4 Å². The van der Waals surface area contributed by atoms with Crippen LogP contribution in [0, 0.1) is 5.92 Å². The zero-order valence-corrected chi connectivity index (χ0v) is 54.1. The van der Waals surface area contributed by atoms with Crippen molar-refractivity contribution in [2.45, 2.75) is 154 Å². The van der Waals surface area contributed by atoms with E-state index in [1.807, 2.05) is 0 Å². The summed E-state index contributed by atoms with van der Waals surface area (Å²) in [7, 11) is -8.37. The second kappa shape index (κ2) is 39.6. The van der Waals surface area contributed by atoms with E-state index in [0.29, 0.717) is 0 Å². The molecular weight excluding hydrogens is 1450 g/mol. The van der Waals surface area contributed by atoms with Crippen molar-refractivity contribution in [3.63, 3.8) is 0 Å². The lowest BCUT2D eigenvalue weighted by Gasteiger charge is -2.51. The van der Waals surface area contributed by atoms with E-state index in [2.05, 4.69) is 45.9 Å². The molecule has 48 nitrogen and oxygen atoms in total. The molecule has 0 aromatic heterocycles. The van der Waals surface area contributed by atoms with Crippen LogP contribution in [0.5, 0.6) is 0 Å². The van der Waals surface area contributed by atoms with Gasteiger partial charge in [0, 0.05) is 55.7 Å². The van der Waals surface area contributed by atoms with Gasteiger partial charge in [0.25, 0.3) is 0 Å². The molecular formula is C38H64O48S7. The van der Waals surface area contributed by atoms with Gasteiger partial charge in [-0.05, 0) is 0 Å². The molecule has 0 aromatic carbocycles. The molecule has 0 amide bonds. The minimum Gasteiger partial charge on any atom is -0.479 e. The Labute approximate surface area is 542 Å². The molecule has 5 fully saturated rings. The summed E-state index contributed by atoms with van der Waals surface area (Å²) in [6.45, 7) is -1.96. The molecule has 5 aliphatic heterocycles. The number of hydrogen-bond donors (Lipinski definition) is 9. The van der Waals surface area contributed by atoms with E-state index < -0.39 is 216 Å². The predicted molar refractivity (Wildman–Crippen MR) is 281 cm³/mol. The molecule has 5 heterocycles. The normalized spacial score (nSPS) is 37.2. The maximum atomic E-state index is 13.5. The third-order valence-corrected chi connectivity index (χ3v) is 16.6. The van der Waals surface area contributed by atoms with Crippen molar-refractivity contribution in [3.8, 4) is 0 Å². The van der Waals surface area contributed by atoms with Crippen molar-refractivity contribution in [2.75, 3.05) is 69.6 Å². The number of ether oxygens (including phenoxy) is 16. The third kappa shape index (κ3) is 23.4. The van der Waals surface area contributed by atoms with Crippen molar-refractivity contribution in [1.29, 1.82) is 0 Å². The molecule has 546 valence electrons. The lowest BCUT2D eigenvalue weighted by atomic mass is 9.91. The number of carbonyl (C=O) groups is 2. The van der Waals surface area contributed by atoms with Crippen LogP contribution >= 0.6 is 49.3 Å². The quantitative estimate of drug-likeness (QED) is 0.0101. The van der Waals surface area contributed by atoms with Gasteiger partial charge in [-0.15, -0.1) is 17.3 Å². The van der Waals surface area contributed by atoms with Crippen LogP contribution in [-0.4, -0.2) is 299 Å². The number of carboxylic acids is 2. The third-order valence-electron chi connectivity index (χ3n) is 13.6. The van der Waals surface area contributed by atoms with Crippen molar-refractivity contribution < 1.29 is 222 Å². The molecule has 0 bridgehead atoms. The van der Waals surface area contributed by atoms with Crippen molar-refractivity contribution >= 4 is 92.4 Å². The highest BCUT2D eigenvalue weighted by Gasteiger charge is 2.61. The SMILES string of the molecule is COC1C(OC)[C@H](O[C@H]2O[C@H](COS(=O)(=O)O)[C@@H](O[C@@H]3OC(C(=O)O)[C@H](O[C@@H]4OC(COS(=O)(=O)O)[C@H](OC)[C@H](OC)C4C)[C@H](OC)C3OC)C(OSOOO)C2OSOOO)[C@H](C(=O)O)O[C@@H]1O[C@H]1C(COS(=O)(=O)O)O[C@@H](OC)C(OSOOO)[C@H]1OSOOO. The second-order valence-corrected chi connectivity index (χ2v) is 23.7. The molecule has 10 unspecified atom stereocenters. The van der Waals surface area contributed by atoms with Gasteiger partial charge in [-0.2, -0.15) is 25.3 Å². The number of hydrogen-bond acceptors (Lipinski definition) is 47. The first-order chi connectivity index (χ1) is 44.1. The fourth-order valence-electron chi connectivity index (χ4n) is 9.98. The van der Waals surface area contributed by atoms with E-state index in [-0.39, 0.29) is 49.3 Å². The number of carboxylic acid groups (broad SMARTS) is 2. The number of methoxy groups -OCH3 is 7. The van der Waals surface area contributed by atoms with Crippen LogP contribution in [0.15, 0.2) is 0 Å². The van der Waals surface area contributed by atoms with Crippen molar-refractivity contribution in [2.24, 2.45) is 5.92 Å². The van der Waals surface area contributed by atoms with Gasteiger partial charge in [0.15, 0.2) is 105 Å². The Hall–Kier alpha value is -1.33. The van der Waals surface area contributed by atoms with Gasteiger partial charge in [0.05, 0.1) is 25.9 Å².